The van der Waals surface area contributed by atoms with Crippen molar-refractivity contribution in [1.29, 1.82) is 0 Å². The number of esters is 1. The van der Waals surface area contributed by atoms with Gasteiger partial charge in [0.05, 0.1) is 18.2 Å². The van der Waals surface area contributed by atoms with E-state index in [2.05, 4.69) is 29.2 Å². The quantitative estimate of drug-likeness (QED) is 0.342. The van der Waals surface area contributed by atoms with Crippen molar-refractivity contribution in [3.8, 4) is 0 Å². The van der Waals surface area contributed by atoms with Crippen LogP contribution in [0.2, 0.25) is 0 Å². The summed E-state index contributed by atoms with van der Waals surface area (Å²) >= 11 is 0. The van der Waals surface area contributed by atoms with Crippen molar-refractivity contribution in [2.24, 2.45) is 0 Å². The third-order valence-corrected chi connectivity index (χ3v) is 7.78. The SMILES string of the molecule is COC(=O)C1=C(CCN2CCc3ccccc3CC2)N(C)C(C)=C(COC=O)C1c1ccc(C(F)(F)F)cc1. The maximum Gasteiger partial charge on any atom is 0.416 e. The number of hydrogen-bond acceptors (Lipinski definition) is 6. The number of halogens is 3. The van der Waals surface area contributed by atoms with E-state index < -0.39 is 23.6 Å². The number of benzene rings is 2. The van der Waals surface area contributed by atoms with Crippen molar-refractivity contribution in [3.05, 3.63) is 93.3 Å². The van der Waals surface area contributed by atoms with E-state index in [1.54, 1.807) is 0 Å². The minimum atomic E-state index is -4.49. The summed E-state index contributed by atoms with van der Waals surface area (Å²) in [7, 11) is 3.13. The van der Waals surface area contributed by atoms with Crippen LogP contribution in [0.15, 0.2) is 71.1 Å². The fraction of sp³-hybridized carbons (Fsp3) is 0.400. The van der Waals surface area contributed by atoms with Crippen LogP contribution in [0, 0.1) is 0 Å². The molecule has 0 aliphatic carbocycles. The van der Waals surface area contributed by atoms with Crippen molar-refractivity contribution < 1.29 is 32.2 Å². The van der Waals surface area contributed by atoms with Crippen LogP contribution in [-0.2, 0) is 38.1 Å². The minimum Gasteiger partial charge on any atom is -0.466 e. The number of allylic oxidation sites excluding steroid dienone is 1. The summed E-state index contributed by atoms with van der Waals surface area (Å²) in [5.41, 5.74) is 4.87. The van der Waals surface area contributed by atoms with Gasteiger partial charge in [-0.1, -0.05) is 36.4 Å². The molecule has 2 aromatic carbocycles. The van der Waals surface area contributed by atoms with E-state index in [0.717, 1.165) is 49.5 Å². The van der Waals surface area contributed by atoms with Crippen molar-refractivity contribution in [2.75, 3.05) is 40.4 Å². The first-order chi connectivity index (χ1) is 18.7. The Kier molecular flexibility index (Phi) is 8.80. The molecular formula is C30H33F3N2O4. The summed E-state index contributed by atoms with van der Waals surface area (Å²) in [6, 6.07) is 13.2. The van der Waals surface area contributed by atoms with Gasteiger partial charge >= 0.3 is 12.1 Å². The van der Waals surface area contributed by atoms with Crippen LogP contribution in [0.25, 0.3) is 0 Å². The number of carbonyl (C=O) groups excluding carboxylic acids is 2. The van der Waals surface area contributed by atoms with Gasteiger partial charge in [0.1, 0.15) is 6.61 Å². The zero-order chi connectivity index (χ0) is 28.2. The maximum absolute atomic E-state index is 13.3. The zero-order valence-corrected chi connectivity index (χ0v) is 22.4. The van der Waals surface area contributed by atoms with Crippen molar-refractivity contribution in [2.45, 2.75) is 38.3 Å². The molecule has 1 atom stereocenters. The average Bonchev–Trinajstić information content (AvgIpc) is 3.14. The van der Waals surface area contributed by atoms with Crippen LogP contribution >= 0.6 is 0 Å². The Balaban J connectivity index is 1.69. The largest absolute Gasteiger partial charge is 0.466 e. The van der Waals surface area contributed by atoms with E-state index in [9.17, 15) is 22.8 Å². The number of alkyl halides is 3. The third kappa shape index (κ3) is 6.19. The van der Waals surface area contributed by atoms with Gasteiger partial charge in [0.25, 0.3) is 6.47 Å². The predicted octanol–water partition coefficient (Wildman–Crippen LogP) is 5.10. The van der Waals surface area contributed by atoms with Crippen LogP contribution in [0.1, 0.15) is 41.5 Å². The summed E-state index contributed by atoms with van der Waals surface area (Å²) in [6.45, 7) is 4.54. The maximum atomic E-state index is 13.3. The molecular weight excluding hydrogens is 509 g/mol. The highest BCUT2D eigenvalue weighted by atomic mass is 19.4. The van der Waals surface area contributed by atoms with E-state index in [0.29, 0.717) is 36.1 Å². The molecule has 2 aliphatic heterocycles. The Hall–Kier alpha value is -3.59. The third-order valence-electron chi connectivity index (χ3n) is 7.78. The molecule has 4 rings (SSSR count). The number of methoxy groups -OCH3 is 1. The molecule has 0 radical (unpaired) electrons. The number of fused-ring (bicyclic) bond motifs is 1. The van der Waals surface area contributed by atoms with Crippen LogP contribution in [0.3, 0.4) is 0 Å². The molecule has 0 bridgehead atoms. The van der Waals surface area contributed by atoms with E-state index in [1.165, 1.54) is 30.4 Å². The molecule has 0 fully saturated rings. The van der Waals surface area contributed by atoms with Crippen LogP contribution in [0.4, 0.5) is 13.2 Å². The Bertz CT molecular complexity index is 1240. The molecule has 1 unspecified atom stereocenters. The summed E-state index contributed by atoms with van der Waals surface area (Å²) in [5.74, 6) is -1.29. The second-order valence-corrected chi connectivity index (χ2v) is 9.84. The molecule has 2 aliphatic rings. The normalized spacial score (nSPS) is 18.5. The molecule has 2 aromatic rings. The second-order valence-electron chi connectivity index (χ2n) is 9.84. The first-order valence-electron chi connectivity index (χ1n) is 12.9. The lowest BCUT2D eigenvalue weighted by Gasteiger charge is -2.38. The predicted molar refractivity (Wildman–Crippen MR) is 141 cm³/mol. The topological polar surface area (TPSA) is 59.1 Å². The highest BCUT2D eigenvalue weighted by Crippen LogP contribution is 2.43. The van der Waals surface area contributed by atoms with Crippen molar-refractivity contribution in [1.82, 2.24) is 9.80 Å². The Morgan fingerprint density at radius 1 is 1.05 bits per heavy atom. The highest BCUT2D eigenvalue weighted by Gasteiger charge is 2.38. The van der Waals surface area contributed by atoms with E-state index in [-0.39, 0.29) is 6.61 Å². The van der Waals surface area contributed by atoms with Gasteiger partial charge < -0.3 is 19.3 Å². The summed E-state index contributed by atoms with van der Waals surface area (Å²) in [4.78, 5) is 28.6. The minimum absolute atomic E-state index is 0.108. The smallest absolute Gasteiger partial charge is 0.416 e. The molecule has 9 heteroatoms. The molecule has 0 spiro atoms. The van der Waals surface area contributed by atoms with E-state index >= 15 is 0 Å². The van der Waals surface area contributed by atoms with Gasteiger partial charge in [-0.2, -0.15) is 13.2 Å². The fourth-order valence-electron chi connectivity index (χ4n) is 5.54. The summed E-state index contributed by atoms with van der Waals surface area (Å²) < 4.78 is 50.1. The molecule has 0 saturated carbocycles. The number of carbonyl (C=O) groups is 2. The molecule has 6 nitrogen and oxygen atoms in total. The number of hydrogen-bond donors (Lipinski definition) is 0. The first kappa shape index (κ1) is 28.4. The Morgan fingerprint density at radius 3 is 2.21 bits per heavy atom. The van der Waals surface area contributed by atoms with Gasteiger partial charge in [-0.3, -0.25) is 4.79 Å². The highest BCUT2D eigenvalue weighted by molar-refractivity contribution is 5.92. The van der Waals surface area contributed by atoms with Gasteiger partial charge in [0.2, 0.25) is 0 Å². The van der Waals surface area contributed by atoms with Crippen LogP contribution < -0.4 is 0 Å². The van der Waals surface area contributed by atoms with Gasteiger partial charge in [-0.25, -0.2) is 4.79 Å². The van der Waals surface area contributed by atoms with E-state index in [4.69, 9.17) is 9.47 Å². The second kappa shape index (κ2) is 12.1. The van der Waals surface area contributed by atoms with Gasteiger partial charge in [-0.15, -0.1) is 0 Å². The molecule has 2 heterocycles. The lowest BCUT2D eigenvalue weighted by Crippen LogP contribution is -2.35. The fourth-order valence-corrected chi connectivity index (χ4v) is 5.54. The number of nitrogens with zero attached hydrogens (tertiary/aromatic N) is 2. The summed E-state index contributed by atoms with van der Waals surface area (Å²) in [5, 5.41) is 0. The monoisotopic (exact) mass is 542 g/mol. The standard InChI is InChI=1S/C30H33F3N2O4/c1-20-25(18-39-19-36)27(23-8-10-24(11-9-23)30(31,32)33)28(29(37)38-3)26(34(20)2)14-17-35-15-12-21-6-4-5-7-22(21)13-16-35/h4-11,19,27H,12-18H2,1-3H3. The molecule has 208 valence electrons. The van der Waals surface area contributed by atoms with Crippen molar-refractivity contribution in [3.63, 3.8) is 0 Å². The van der Waals surface area contributed by atoms with Crippen molar-refractivity contribution >= 4 is 12.4 Å². The molecule has 0 amide bonds. The zero-order valence-electron chi connectivity index (χ0n) is 22.4. The number of ether oxygens (including phenoxy) is 2. The van der Waals surface area contributed by atoms with Crippen LogP contribution in [0.5, 0.6) is 0 Å². The molecule has 0 aromatic heterocycles. The average molecular weight is 543 g/mol. The Morgan fingerprint density at radius 2 is 1.67 bits per heavy atom. The summed E-state index contributed by atoms with van der Waals surface area (Å²) in [6.07, 6.45) is -2.07. The molecule has 39 heavy (non-hydrogen) atoms. The van der Waals surface area contributed by atoms with Gasteiger partial charge in [0.15, 0.2) is 0 Å². The lowest BCUT2D eigenvalue weighted by molar-refractivity contribution is -0.138. The van der Waals surface area contributed by atoms with E-state index in [1.807, 2.05) is 18.9 Å². The first-order valence-corrected chi connectivity index (χ1v) is 12.9. The molecule has 0 N–H and O–H groups in total. The van der Waals surface area contributed by atoms with Crippen LogP contribution in [-0.4, -0.2) is 62.6 Å². The van der Waals surface area contributed by atoms with Gasteiger partial charge in [-0.05, 0) is 54.2 Å². The van der Waals surface area contributed by atoms with Gasteiger partial charge in [0, 0.05) is 50.4 Å². The Labute approximate surface area is 226 Å². The molecule has 0 saturated heterocycles. The lowest BCUT2D eigenvalue weighted by atomic mass is 9.79. The number of rotatable bonds is 8.